The van der Waals surface area contributed by atoms with Crippen molar-refractivity contribution in [3.63, 3.8) is 0 Å². The molecule has 0 radical (unpaired) electrons. The Morgan fingerprint density at radius 1 is 1.10 bits per heavy atom. The van der Waals surface area contributed by atoms with Gasteiger partial charge in [0.15, 0.2) is 4.32 Å². The fourth-order valence-electron chi connectivity index (χ4n) is 2.83. The maximum atomic E-state index is 13.1. The molecular weight excluding hydrogens is 415 g/mol. The first kappa shape index (κ1) is 19.0. The highest BCUT2D eigenvalue weighted by Gasteiger charge is 2.33. The number of hydrogen-bond donors (Lipinski definition) is 0. The van der Waals surface area contributed by atoms with Gasteiger partial charge < -0.3 is 4.42 Å². The summed E-state index contributed by atoms with van der Waals surface area (Å²) in [6.07, 6.45) is 1.53. The predicted molar refractivity (Wildman–Crippen MR) is 113 cm³/mol. The average Bonchev–Trinajstić information content (AvgIpc) is 3.27. The monoisotopic (exact) mass is 426 g/mol. The molecule has 0 bridgehead atoms. The number of thiocarbonyl (C=S) groups is 1. The van der Waals surface area contributed by atoms with Crippen LogP contribution in [0.25, 0.3) is 17.4 Å². The second-order valence-corrected chi connectivity index (χ2v) is 7.65. The number of carbonyl (C=O) groups excluding carboxylic acids is 1. The van der Waals surface area contributed by atoms with Gasteiger partial charge in [0.2, 0.25) is 0 Å². The number of anilines is 1. The quantitative estimate of drug-likeness (QED) is 0.241. The van der Waals surface area contributed by atoms with E-state index in [9.17, 15) is 19.3 Å². The van der Waals surface area contributed by atoms with E-state index in [1.165, 1.54) is 41.3 Å². The van der Waals surface area contributed by atoms with E-state index in [1.54, 1.807) is 30.3 Å². The van der Waals surface area contributed by atoms with Crippen molar-refractivity contribution in [2.75, 3.05) is 4.90 Å². The van der Waals surface area contributed by atoms with E-state index < -0.39 is 10.7 Å². The third-order valence-electron chi connectivity index (χ3n) is 4.14. The SMILES string of the molecule is O=C1/C(=C/c2ccc(-c3ccccc3[N+](=O)[O-])o2)SC(=S)N1c1ccc(F)cc1. The van der Waals surface area contributed by atoms with Crippen LogP contribution in [0.2, 0.25) is 0 Å². The fraction of sp³-hybridized carbons (Fsp3) is 0. The largest absolute Gasteiger partial charge is 0.456 e. The van der Waals surface area contributed by atoms with E-state index in [-0.39, 0.29) is 11.6 Å². The molecule has 3 aromatic rings. The van der Waals surface area contributed by atoms with Gasteiger partial charge in [-0.15, -0.1) is 0 Å². The summed E-state index contributed by atoms with van der Waals surface area (Å²) >= 11 is 6.38. The molecule has 1 fully saturated rings. The number of nitro benzene ring substituents is 1. The van der Waals surface area contributed by atoms with Crippen molar-refractivity contribution in [1.29, 1.82) is 0 Å². The minimum absolute atomic E-state index is 0.0731. The lowest BCUT2D eigenvalue weighted by atomic mass is 10.1. The number of rotatable bonds is 4. The second-order valence-electron chi connectivity index (χ2n) is 5.97. The second kappa shape index (κ2) is 7.61. The van der Waals surface area contributed by atoms with Crippen LogP contribution in [-0.4, -0.2) is 15.2 Å². The van der Waals surface area contributed by atoms with Gasteiger partial charge in [-0.1, -0.05) is 36.1 Å². The van der Waals surface area contributed by atoms with E-state index in [0.717, 1.165) is 11.8 Å². The summed E-state index contributed by atoms with van der Waals surface area (Å²) in [5.74, 6) is -0.0848. The van der Waals surface area contributed by atoms with Gasteiger partial charge in [-0.3, -0.25) is 19.8 Å². The maximum absolute atomic E-state index is 13.1. The van der Waals surface area contributed by atoms with Crippen molar-refractivity contribution in [2.24, 2.45) is 0 Å². The number of para-hydroxylation sites is 1. The number of thioether (sulfide) groups is 1. The molecule has 2 heterocycles. The fourth-order valence-corrected chi connectivity index (χ4v) is 4.11. The highest BCUT2D eigenvalue weighted by atomic mass is 32.2. The van der Waals surface area contributed by atoms with Crippen molar-refractivity contribution in [3.8, 4) is 11.3 Å². The van der Waals surface area contributed by atoms with Crippen molar-refractivity contribution in [3.05, 3.63) is 87.3 Å². The minimum atomic E-state index is -0.481. The third-order valence-corrected chi connectivity index (χ3v) is 5.45. The van der Waals surface area contributed by atoms with Crippen LogP contribution >= 0.6 is 24.0 Å². The van der Waals surface area contributed by atoms with Crippen LogP contribution in [0.1, 0.15) is 5.76 Å². The summed E-state index contributed by atoms with van der Waals surface area (Å²) in [6, 6.07) is 14.9. The molecule has 0 N–H and O–H groups in total. The van der Waals surface area contributed by atoms with Crippen molar-refractivity contribution in [2.45, 2.75) is 0 Å². The van der Waals surface area contributed by atoms with E-state index in [1.807, 2.05) is 0 Å². The van der Waals surface area contributed by atoms with Crippen LogP contribution in [-0.2, 0) is 4.79 Å². The Balaban J connectivity index is 1.63. The van der Waals surface area contributed by atoms with Crippen molar-refractivity contribution in [1.82, 2.24) is 0 Å². The Labute approximate surface area is 173 Å². The summed E-state index contributed by atoms with van der Waals surface area (Å²) in [5, 5.41) is 11.2. The highest BCUT2D eigenvalue weighted by Crippen LogP contribution is 2.37. The molecule has 29 heavy (non-hydrogen) atoms. The molecule has 6 nitrogen and oxygen atoms in total. The molecule has 4 rings (SSSR count). The summed E-state index contributed by atoms with van der Waals surface area (Å²) < 4.78 is 19.2. The average molecular weight is 426 g/mol. The smallest absolute Gasteiger partial charge is 0.280 e. The van der Waals surface area contributed by atoms with Crippen LogP contribution in [0.15, 0.2) is 70.0 Å². The van der Waals surface area contributed by atoms with Gasteiger partial charge in [0.25, 0.3) is 11.6 Å². The molecule has 0 spiro atoms. The molecule has 2 aromatic carbocycles. The lowest BCUT2D eigenvalue weighted by Gasteiger charge is -2.14. The number of furan rings is 1. The molecule has 1 amide bonds. The lowest BCUT2D eigenvalue weighted by Crippen LogP contribution is -2.27. The number of carbonyl (C=O) groups is 1. The number of hydrogen-bond acceptors (Lipinski definition) is 6. The topological polar surface area (TPSA) is 76.6 Å². The Kier molecular flexibility index (Phi) is 4.99. The number of benzene rings is 2. The molecule has 1 aliphatic heterocycles. The molecular formula is C20H11FN2O4S2. The van der Waals surface area contributed by atoms with Gasteiger partial charge in [-0.25, -0.2) is 4.39 Å². The molecule has 0 unspecified atom stereocenters. The number of nitro groups is 1. The van der Waals surface area contributed by atoms with Crippen molar-refractivity contribution < 1.29 is 18.5 Å². The Bertz CT molecular complexity index is 1170. The number of amides is 1. The van der Waals surface area contributed by atoms with Gasteiger partial charge in [0.05, 0.1) is 21.1 Å². The van der Waals surface area contributed by atoms with Gasteiger partial charge in [-0.05, 0) is 42.5 Å². The number of halogens is 1. The molecule has 1 saturated heterocycles. The summed E-state index contributed by atoms with van der Waals surface area (Å²) in [7, 11) is 0. The zero-order valence-electron chi connectivity index (χ0n) is 14.6. The van der Waals surface area contributed by atoms with Gasteiger partial charge >= 0.3 is 0 Å². The number of nitrogens with zero attached hydrogens (tertiary/aromatic N) is 2. The van der Waals surface area contributed by atoms with Gasteiger partial charge in [0, 0.05) is 12.1 Å². The standard InChI is InChI=1S/C20H11FN2O4S2/c21-12-5-7-13(8-6-12)22-19(24)18(29-20(22)28)11-14-9-10-17(27-14)15-3-1-2-4-16(15)23(25)26/h1-11H/b18-11-. The van der Waals surface area contributed by atoms with E-state index >= 15 is 0 Å². The zero-order chi connectivity index (χ0) is 20.5. The zero-order valence-corrected chi connectivity index (χ0v) is 16.2. The van der Waals surface area contributed by atoms with Crippen molar-refractivity contribution >= 4 is 51.7 Å². The van der Waals surface area contributed by atoms with Gasteiger partial charge in [-0.2, -0.15) is 0 Å². The first-order valence-electron chi connectivity index (χ1n) is 8.31. The van der Waals surface area contributed by atoms with Crippen LogP contribution in [0, 0.1) is 15.9 Å². The normalized spacial score (nSPS) is 15.3. The minimum Gasteiger partial charge on any atom is -0.456 e. The van der Waals surface area contributed by atoms with E-state index in [2.05, 4.69) is 0 Å². The van der Waals surface area contributed by atoms with Crippen LogP contribution in [0.3, 0.4) is 0 Å². The molecule has 0 atom stereocenters. The molecule has 0 saturated carbocycles. The molecule has 144 valence electrons. The van der Waals surface area contributed by atoms with Gasteiger partial charge in [0.1, 0.15) is 17.3 Å². The van der Waals surface area contributed by atoms with E-state index in [4.69, 9.17) is 16.6 Å². The molecule has 1 aromatic heterocycles. The predicted octanol–water partition coefficient (Wildman–Crippen LogP) is 5.40. The van der Waals surface area contributed by atoms with E-state index in [0.29, 0.717) is 32.0 Å². The Morgan fingerprint density at radius 2 is 1.83 bits per heavy atom. The lowest BCUT2D eigenvalue weighted by molar-refractivity contribution is -0.384. The molecule has 0 aliphatic carbocycles. The summed E-state index contributed by atoms with van der Waals surface area (Å²) in [4.78, 5) is 25.1. The van der Waals surface area contributed by atoms with Crippen LogP contribution in [0.4, 0.5) is 15.8 Å². The van der Waals surface area contributed by atoms with Crippen LogP contribution in [0.5, 0.6) is 0 Å². The summed E-state index contributed by atoms with van der Waals surface area (Å²) in [6.45, 7) is 0. The Morgan fingerprint density at radius 3 is 2.55 bits per heavy atom. The third kappa shape index (κ3) is 3.69. The first-order chi connectivity index (χ1) is 13.9. The molecule has 9 heteroatoms. The Hall–Kier alpha value is -3.30. The van der Waals surface area contributed by atoms with Crippen LogP contribution < -0.4 is 4.90 Å². The first-order valence-corrected chi connectivity index (χ1v) is 9.53. The highest BCUT2D eigenvalue weighted by molar-refractivity contribution is 8.27. The summed E-state index contributed by atoms with van der Waals surface area (Å²) in [5.41, 5.74) is 0.740. The molecule has 1 aliphatic rings. The maximum Gasteiger partial charge on any atom is 0.280 e.